The van der Waals surface area contributed by atoms with Gasteiger partial charge >= 0.3 is 12.1 Å². The van der Waals surface area contributed by atoms with Crippen LogP contribution >= 0.6 is 0 Å². The lowest BCUT2D eigenvalue weighted by molar-refractivity contribution is -0.142. The molecule has 0 bridgehead atoms. The van der Waals surface area contributed by atoms with Gasteiger partial charge < -0.3 is 5.11 Å². The number of hydrogen-bond donors (Lipinski definition) is 1. The van der Waals surface area contributed by atoms with Gasteiger partial charge in [-0.05, 0) is 12.1 Å². The molecule has 0 aromatic carbocycles. The summed E-state index contributed by atoms with van der Waals surface area (Å²) in [5, 5.41) is 15.7. The Kier molecular flexibility index (Phi) is 2.93. The quantitative estimate of drug-likeness (QED) is 0.912. The number of carbonyl (C=O) groups is 1. The van der Waals surface area contributed by atoms with Crippen LogP contribution in [0.5, 0.6) is 0 Å². The maximum Gasteiger partial charge on any atom is 0.431 e. The average molecular weight is 259 g/mol. The first-order chi connectivity index (χ1) is 8.39. The Morgan fingerprint density at radius 2 is 2.06 bits per heavy atom. The van der Waals surface area contributed by atoms with Gasteiger partial charge in [-0.1, -0.05) is 6.07 Å². The highest BCUT2D eigenvalue weighted by Gasteiger charge is 2.34. The molecule has 0 atom stereocenters. The van der Waals surface area contributed by atoms with Gasteiger partial charge in [-0.15, -0.1) is 10.2 Å². The summed E-state index contributed by atoms with van der Waals surface area (Å²) in [5.41, 5.74) is -0.865. The Morgan fingerprint density at radius 3 is 2.67 bits per heavy atom. The fraction of sp³-hybridized carbons (Fsp3) is 0.300. The molecule has 2 heterocycles. The lowest BCUT2D eigenvalue weighted by atomic mass is 10.2. The fourth-order valence-corrected chi connectivity index (χ4v) is 1.60. The van der Waals surface area contributed by atoms with Crippen molar-refractivity contribution in [3.05, 3.63) is 29.7 Å². The van der Waals surface area contributed by atoms with Gasteiger partial charge in [0.15, 0.2) is 5.65 Å². The van der Waals surface area contributed by atoms with Gasteiger partial charge in [-0.2, -0.15) is 13.2 Å². The Morgan fingerprint density at radius 1 is 1.33 bits per heavy atom. The third kappa shape index (κ3) is 2.27. The molecule has 0 aliphatic rings. The van der Waals surface area contributed by atoms with E-state index in [1.54, 1.807) is 0 Å². The molecule has 0 saturated carbocycles. The molecular formula is C10H8F3N3O2. The zero-order valence-electron chi connectivity index (χ0n) is 8.98. The molecule has 0 amide bonds. The summed E-state index contributed by atoms with van der Waals surface area (Å²) < 4.78 is 39.2. The van der Waals surface area contributed by atoms with Crippen LogP contribution in [0, 0.1) is 0 Å². The molecule has 2 rings (SSSR count). The lowest BCUT2D eigenvalue weighted by Crippen LogP contribution is -2.13. The number of nitrogens with zero attached hydrogens (tertiary/aromatic N) is 3. The number of alkyl halides is 3. The minimum Gasteiger partial charge on any atom is -0.481 e. The van der Waals surface area contributed by atoms with Crippen molar-refractivity contribution in [2.45, 2.75) is 19.0 Å². The predicted octanol–water partition coefficient (Wildman–Crippen LogP) is 1.77. The van der Waals surface area contributed by atoms with Crippen LogP contribution in [0.2, 0.25) is 0 Å². The summed E-state index contributed by atoms with van der Waals surface area (Å²) >= 11 is 0. The highest BCUT2D eigenvalue weighted by molar-refractivity contribution is 5.66. The molecule has 0 aliphatic carbocycles. The molecule has 0 radical (unpaired) electrons. The second-order valence-electron chi connectivity index (χ2n) is 3.61. The summed E-state index contributed by atoms with van der Waals surface area (Å²) in [5.74, 6) is -1.11. The number of aromatic nitrogens is 3. The van der Waals surface area contributed by atoms with Crippen LogP contribution < -0.4 is 0 Å². The zero-order chi connectivity index (χ0) is 13.3. The van der Waals surface area contributed by atoms with Gasteiger partial charge in [-0.3, -0.25) is 9.20 Å². The van der Waals surface area contributed by atoms with E-state index in [-0.39, 0.29) is 24.3 Å². The highest BCUT2D eigenvalue weighted by atomic mass is 19.4. The second kappa shape index (κ2) is 4.28. The van der Waals surface area contributed by atoms with Crippen molar-refractivity contribution in [3.63, 3.8) is 0 Å². The van der Waals surface area contributed by atoms with Crippen molar-refractivity contribution >= 4 is 11.6 Å². The van der Waals surface area contributed by atoms with Crippen LogP contribution in [0.4, 0.5) is 13.2 Å². The summed E-state index contributed by atoms with van der Waals surface area (Å²) in [6.45, 7) is 0. The number of aryl methyl sites for hydroxylation is 1. The summed E-state index contributed by atoms with van der Waals surface area (Å²) in [4.78, 5) is 10.4. The molecule has 0 saturated heterocycles. The Balaban J connectivity index is 2.52. The lowest BCUT2D eigenvalue weighted by Gasteiger charge is -2.10. The third-order valence-electron chi connectivity index (χ3n) is 2.35. The number of aliphatic carboxylic acids is 1. The zero-order valence-corrected chi connectivity index (χ0v) is 8.98. The van der Waals surface area contributed by atoms with Crippen molar-refractivity contribution in [1.29, 1.82) is 0 Å². The first-order valence-electron chi connectivity index (χ1n) is 5.01. The maximum absolute atomic E-state index is 12.8. The van der Waals surface area contributed by atoms with Gasteiger partial charge in [0.25, 0.3) is 0 Å². The smallest absolute Gasteiger partial charge is 0.431 e. The Bertz CT molecular complexity index is 592. The van der Waals surface area contributed by atoms with Crippen LogP contribution in [0.15, 0.2) is 18.2 Å². The summed E-state index contributed by atoms with van der Waals surface area (Å²) in [7, 11) is 0. The number of fused-ring (bicyclic) bond motifs is 1. The van der Waals surface area contributed by atoms with E-state index in [2.05, 4.69) is 10.2 Å². The van der Waals surface area contributed by atoms with Crippen LogP contribution in [0.1, 0.15) is 17.9 Å². The minimum atomic E-state index is -4.54. The van der Waals surface area contributed by atoms with Crippen LogP contribution in [0.3, 0.4) is 0 Å². The average Bonchev–Trinajstić information content (AvgIpc) is 2.67. The predicted molar refractivity (Wildman–Crippen MR) is 53.9 cm³/mol. The molecule has 2 aromatic rings. The van der Waals surface area contributed by atoms with Crippen molar-refractivity contribution in [3.8, 4) is 0 Å². The molecule has 0 aliphatic heterocycles. The first kappa shape index (κ1) is 12.3. The Hall–Kier alpha value is -2.12. The monoisotopic (exact) mass is 259 g/mol. The van der Waals surface area contributed by atoms with Gasteiger partial charge in [0.1, 0.15) is 11.5 Å². The van der Waals surface area contributed by atoms with Crippen molar-refractivity contribution in [2.24, 2.45) is 0 Å². The van der Waals surface area contributed by atoms with E-state index < -0.39 is 17.8 Å². The van der Waals surface area contributed by atoms with E-state index in [4.69, 9.17) is 5.11 Å². The van der Waals surface area contributed by atoms with Crippen LogP contribution in [0.25, 0.3) is 5.65 Å². The normalized spacial score (nSPS) is 11.9. The van der Waals surface area contributed by atoms with E-state index in [0.717, 1.165) is 10.5 Å². The molecule has 5 nitrogen and oxygen atoms in total. The van der Waals surface area contributed by atoms with E-state index in [9.17, 15) is 18.0 Å². The topological polar surface area (TPSA) is 67.5 Å². The number of hydrogen-bond acceptors (Lipinski definition) is 3. The van der Waals surface area contributed by atoms with Crippen molar-refractivity contribution in [1.82, 2.24) is 14.6 Å². The van der Waals surface area contributed by atoms with Crippen molar-refractivity contribution < 1.29 is 23.1 Å². The molecule has 8 heteroatoms. The van der Waals surface area contributed by atoms with E-state index in [0.29, 0.717) is 0 Å². The van der Waals surface area contributed by atoms with E-state index in [1.165, 1.54) is 12.1 Å². The van der Waals surface area contributed by atoms with E-state index >= 15 is 0 Å². The van der Waals surface area contributed by atoms with Gasteiger partial charge in [-0.25, -0.2) is 0 Å². The summed E-state index contributed by atoms with van der Waals surface area (Å²) in [6.07, 6.45) is -4.95. The van der Waals surface area contributed by atoms with Gasteiger partial charge in [0.05, 0.1) is 6.42 Å². The van der Waals surface area contributed by atoms with Gasteiger partial charge in [0.2, 0.25) is 0 Å². The second-order valence-corrected chi connectivity index (χ2v) is 3.61. The summed E-state index contributed by atoms with van der Waals surface area (Å²) in [6, 6.07) is 3.51. The number of rotatable bonds is 3. The number of pyridine rings is 1. The molecule has 0 fully saturated rings. The number of carboxylic acid groups (broad SMARTS) is 1. The fourth-order valence-electron chi connectivity index (χ4n) is 1.60. The minimum absolute atomic E-state index is 0.0136. The standard InChI is InChI=1S/C10H8F3N3O2/c11-10(12,13)6-2-1-3-7-14-15-8(16(6)7)4-5-9(17)18/h1-3H,4-5H2,(H,17,18). The third-order valence-corrected chi connectivity index (χ3v) is 2.35. The highest BCUT2D eigenvalue weighted by Crippen LogP contribution is 2.30. The largest absolute Gasteiger partial charge is 0.481 e. The molecule has 2 aromatic heterocycles. The van der Waals surface area contributed by atoms with Crippen LogP contribution in [-0.2, 0) is 17.4 Å². The van der Waals surface area contributed by atoms with Gasteiger partial charge in [0, 0.05) is 6.42 Å². The van der Waals surface area contributed by atoms with Crippen LogP contribution in [-0.4, -0.2) is 25.7 Å². The first-order valence-corrected chi connectivity index (χ1v) is 5.01. The van der Waals surface area contributed by atoms with E-state index in [1.807, 2.05) is 0 Å². The number of carboxylic acids is 1. The molecule has 0 spiro atoms. The maximum atomic E-state index is 12.8. The molecular weight excluding hydrogens is 251 g/mol. The Labute approximate surface area is 98.9 Å². The SMILES string of the molecule is O=C(O)CCc1nnc2cccc(C(F)(F)F)n12. The molecule has 18 heavy (non-hydrogen) atoms. The molecule has 0 unspecified atom stereocenters. The molecule has 96 valence electrons. The van der Waals surface area contributed by atoms with Crippen molar-refractivity contribution in [2.75, 3.05) is 0 Å². The number of halogens is 3. The molecule has 1 N–H and O–H groups in total.